The van der Waals surface area contributed by atoms with Gasteiger partial charge in [-0.2, -0.15) is 5.26 Å². The van der Waals surface area contributed by atoms with Gasteiger partial charge in [-0.25, -0.2) is 4.39 Å². The fraction of sp³-hybridized carbons (Fsp3) is 0. The van der Waals surface area contributed by atoms with E-state index in [1.165, 1.54) is 0 Å². The number of allylic oxidation sites excluding steroid dienone is 2. The van der Waals surface area contributed by atoms with E-state index in [0.717, 1.165) is 30.4 Å². The summed E-state index contributed by atoms with van der Waals surface area (Å²) in [5.41, 5.74) is -0.156. The predicted molar refractivity (Wildman–Crippen MR) is 47.1 cm³/mol. The number of ketones is 1. The number of halogens is 1. The molecule has 1 aromatic carbocycles. The van der Waals surface area contributed by atoms with Gasteiger partial charge in [-0.3, -0.25) is 4.79 Å². The summed E-state index contributed by atoms with van der Waals surface area (Å²) in [6.07, 6.45) is 1.93. The number of carbonyl (C=O) groups excluding carboxylic acids is 1. The van der Waals surface area contributed by atoms with Gasteiger partial charge in [-0.1, -0.05) is 0 Å². The maximum Gasteiger partial charge on any atom is 0.190 e. The first kappa shape index (κ1) is 9.93. The maximum absolute atomic E-state index is 12.7. The standard InChI is InChI=1S/C10H6FNO2/c11-7-3-4-10(14)8(6-7)9(13)2-1-5-12/h1-4,6,14H/b2-1+. The smallest absolute Gasteiger partial charge is 0.190 e. The van der Waals surface area contributed by atoms with Gasteiger partial charge in [0.2, 0.25) is 0 Å². The van der Waals surface area contributed by atoms with E-state index in [4.69, 9.17) is 5.26 Å². The molecule has 0 radical (unpaired) electrons. The zero-order valence-electron chi connectivity index (χ0n) is 7.07. The summed E-state index contributed by atoms with van der Waals surface area (Å²) in [6.45, 7) is 0. The maximum atomic E-state index is 12.7. The van der Waals surface area contributed by atoms with Crippen LogP contribution in [-0.4, -0.2) is 10.9 Å². The van der Waals surface area contributed by atoms with Gasteiger partial charge >= 0.3 is 0 Å². The van der Waals surface area contributed by atoms with Crippen molar-refractivity contribution in [3.63, 3.8) is 0 Å². The van der Waals surface area contributed by atoms with Crippen molar-refractivity contribution >= 4 is 5.78 Å². The van der Waals surface area contributed by atoms with Crippen molar-refractivity contribution in [1.82, 2.24) is 0 Å². The lowest BCUT2D eigenvalue weighted by atomic mass is 10.1. The fourth-order valence-electron chi connectivity index (χ4n) is 0.908. The summed E-state index contributed by atoms with van der Waals surface area (Å²) in [6, 6.07) is 4.67. The Morgan fingerprint density at radius 2 is 2.29 bits per heavy atom. The molecule has 0 amide bonds. The molecule has 0 saturated heterocycles. The number of aromatic hydroxyl groups is 1. The zero-order valence-corrected chi connectivity index (χ0v) is 7.07. The second kappa shape index (κ2) is 4.19. The third-order valence-electron chi connectivity index (χ3n) is 1.53. The fourth-order valence-corrected chi connectivity index (χ4v) is 0.908. The molecule has 0 aliphatic carbocycles. The molecule has 4 heteroatoms. The molecule has 0 aliphatic heterocycles. The summed E-state index contributed by atoms with van der Waals surface area (Å²) in [7, 11) is 0. The average Bonchev–Trinajstić information content (AvgIpc) is 2.18. The van der Waals surface area contributed by atoms with Gasteiger partial charge < -0.3 is 5.11 Å². The van der Waals surface area contributed by atoms with E-state index < -0.39 is 11.6 Å². The van der Waals surface area contributed by atoms with E-state index in [1.54, 1.807) is 6.07 Å². The summed E-state index contributed by atoms with van der Waals surface area (Å²) in [5.74, 6) is -1.53. The molecular weight excluding hydrogens is 185 g/mol. The van der Waals surface area contributed by atoms with Crippen LogP contribution in [0.4, 0.5) is 4.39 Å². The molecule has 0 spiro atoms. The summed E-state index contributed by atoms with van der Waals surface area (Å²) in [5, 5.41) is 17.4. The Kier molecular flexibility index (Phi) is 2.97. The van der Waals surface area contributed by atoms with E-state index in [0.29, 0.717) is 0 Å². The van der Waals surface area contributed by atoms with Gasteiger partial charge in [0.1, 0.15) is 11.6 Å². The Bertz CT molecular complexity index is 432. The molecule has 1 aromatic rings. The summed E-state index contributed by atoms with van der Waals surface area (Å²) < 4.78 is 12.7. The van der Waals surface area contributed by atoms with Crippen LogP contribution < -0.4 is 0 Å². The zero-order chi connectivity index (χ0) is 10.6. The van der Waals surface area contributed by atoms with Crippen LogP contribution in [0.25, 0.3) is 0 Å². The van der Waals surface area contributed by atoms with Crippen molar-refractivity contribution < 1.29 is 14.3 Å². The van der Waals surface area contributed by atoms with Crippen LogP contribution in [0.3, 0.4) is 0 Å². The molecule has 0 unspecified atom stereocenters. The third-order valence-corrected chi connectivity index (χ3v) is 1.53. The molecule has 1 N–H and O–H groups in total. The number of nitrogens with zero attached hydrogens (tertiary/aromatic N) is 1. The topological polar surface area (TPSA) is 61.1 Å². The largest absolute Gasteiger partial charge is 0.507 e. The third kappa shape index (κ3) is 2.17. The van der Waals surface area contributed by atoms with Crippen LogP contribution in [0.1, 0.15) is 10.4 Å². The molecule has 3 nitrogen and oxygen atoms in total. The van der Waals surface area contributed by atoms with Crippen LogP contribution in [0.15, 0.2) is 30.4 Å². The van der Waals surface area contributed by atoms with Crippen LogP contribution in [0, 0.1) is 17.1 Å². The molecule has 0 saturated carbocycles. The van der Waals surface area contributed by atoms with Gasteiger partial charge in [0.15, 0.2) is 5.78 Å². The number of nitriles is 1. The highest BCUT2D eigenvalue weighted by Crippen LogP contribution is 2.18. The average molecular weight is 191 g/mol. The lowest BCUT2D eigenvalue weighted by molar-refractivity contribution is 0.104. The number of hydrogen-bond donors (Lipinski definition) is 1. The first-order valence-electron chi connectivity index (χ1n) is 3.74. The molecule has 0 fully saturated rings. The molecular formula is C10H6FNO2. The van der Waals surface area contributed by atoms with E-state index >= 15 is 0 Å². The minimum absolute atomic E-state index is 0.156. The summed E-state index contributed by atoms with van der Waals surface area (Å²) >= 11 is 0. The minimum atomic E-state index is -0.614. The highest BCUT2D eigenvalue weighted by Gasteiger charge is 2.08. The molecule has 0 atom stereocenters. The van der Waals surface area contributed by atoms with Gasteiger partial charge in [0, 0.05) is 6.08 Å². The molecule has 70 valence electrons. The van der Waals surface area contributed by atoms with Gasteiger partial charge in [-0.05, 0) is 24.3 Å². The Labute approximate surface area is 79.7 Å². The van der Waals surface area contributed by atoms with Gasteiger partial charge in [0.25, 0.3) is 0 Å². The predicted octanol–water partition coefficient (Wildman–Crippen LogP) is 1.79. The van der Waals surface area contributed by atoms with Crippen molar-refractivity contribution in [2.45, 2.75) is 0 Å². The monoisotopic (exact) mass is 191 g/mol. The quantitative estimate of drug-likeness (QED) is 0.440. The molecule has 0 heterocycles. The Morgan fingerprint density at radius 3 is 2.93 bits per heavy atom. The van der Waals surface area contributed by atoms with E-state index in [9.17, 15) is 14.3 Å². The normalized spacial score (nSPS) is 10.0. The molecule has 0 aromatic heterocycles. The number of phenolic OH excluding ortho intramolecular Hbond substituents is 1. The lowest BCUT2D eigenvalue weighted by Crippen LogP contribution is -1.95. The number of benzene rings is 1. The number of carbonyl (C=O) groups is 1. The summed E-state index contributed by atoms with van der Waals surface area (Å²) in [4.78, 5) is 11.2. The van der Waals surface area contributed by atoms with Gasteiger partial charge in [-0.15, -0.1) is 0 Å². The SMILES string of the molecule is N#C/C=C/C(=O)c1cc(F)ccc1O. The second-order valence-corrected chi connectivity index (χ2v) is 2.49. The first-order valence-corrected chi connectivity index (χ1v) is 3.74. The second-order valence-electron chi connectivity index (χ2n) is 2.49. The van der Waals surface area contributed by atoms with Crippen molar-refractivity contribution in [1.29, 1.82) is 5.26 Å². The molecule has 14 heavy (non-hydrogen) atoms. The van der Waals surface area contributed by atoms with Crippen molar-refractivity contribution in [2.75, 3.05) is 0 Å². The molecule has 1 rings (SSSR count). The minimum Gasteiger partial charge on any atom is -0.507 e. The van der Waals surface area contributed by atoms with Crippen LogP contribution >= 0.6 is 0 Å². The highest BCUT2D eigenvalue weighted by molar-refractivity contribution is 6.06. The van der Waals surface area contributed by atoms with E-state index in [-0.39, 0.29) is 11.3 Å². The molecule has 0 aliphatic rings. The number of hydrogen-bond acceptors (Lipinski definition) is 3. The van der Waals surface area contributed by atoms with Gasteiger partial charge in [0.05, 0.1) is 11.6 Å². The number of phenols is 1. The highest BCUT2D eigenvalue weighted by atomic mass is 19.1. The van der Waals surface area contributed by atoms with Crippen molar-refractivity contribution in [2.24, 2.45) is 0 Å². The number of rotatable bonds is 2. The van der Waals surface area contributed by atoms with Crippen molar-refractivity contribution in [3.8, 4) is 11.8 Å². The Hall–Kier alpha value is -2.15. The lowest BCUT2D eigenvalue weighted by Gasteiger charge is -1.99. The first-order chi connectivity index (χ1) is 6.65. The molecule has 0 bridgehead atoms. The van der Waals surface area contributed by atoms with Crippen LogP contribution in [0.5, 0.6) is 5.75 Å². The van der Waals surface area contributed by atoms with Crippen LogP contribution in [-0.2, 0) is 0 Å². The van der Waals surface area contributed by atoms with Crippen molar-refractivity contribution in [3.05, 3.63) is 41.7 Å². The Balaban J connectivity index is 3.07. The Morgan fingerprint density at radius 1 is 1.57 bits per heavy atom. The van der Waals surface area contributed by atoms with E-state index in [2.05, 4.69) is 0 Å². The van der Waals surface area contributed by atoms with E-state index in [1.807, 2.05) is 0 Å². The van der Waals surface area contributed by atoms with Crippen LogP contribution in [0.2, 0.25) is 0 Å².